The van der Waals surface area contributed by atoms with Gasteiger partial charge in [-0.05, 0) is 61.4 Å². The molecule has 0 atom stereocenters. The fourth-order valence-corrected chi connectivity index (χ4v) is 3.95. The third-order valence-corrected chi connectivity index (χ3v) is 5.68. The molecular formula is C26H27N3O5. The minimum atomic E-state index is -0.361. The van der Waals surface area contributed by atoms with E-state index in [2.05, 4.69) is 5.32 Å². The summed E-state index contributed by atoms with van der Waals surface area (Å²) in [7, 11) is 1.53. The summed E-state index contributed by atoms with van der Waals surface area (Å²) < 4.78 is 10.7. The average molecular weight is 462 g/mol. The van der Waals surface area contributed by atoms with E-state index in [4.69, 9.17) is 9.15 Å². The lowest BCUT2D eigenvalue weighted by Gasteiger charge is -2.27. The molecule has 0 aliphatic carbocycles. The number of rotatable bonds is 8. The van der Waals surface area contributed by atoms with Gasteiger partial charge in [-0.1, -0.05) is 12.1 Å². The molecule has 0 saturated carbocycles. The van der Waals surface area contributed by atoms with E-state index in [0.29, 0.717) is 35.7 Å². The molecule has 0 unspecified atom stereocenters. The molecule has 8 heteroatoms. The van der Waals surface area contributed by atoms with Gasteiger partial charge in [-0.25, -0.2) is 0 Å². The van der Waals surface area contributed by atoms with Crippen molar-refractivity contribution in [2.24, 2.45) is 0 Å². The Bertz CT molecular complexity index is 1140. The molecule has 2 aromatic carbocycles. The minimum Gasteiger partial charge on any atom is -0.495 e. The van der Waals surface area contributed by atoms with Crippen LogP contribution in [0.5, 0.6) is 5.75 Å². The standard InChI is InChI=1S/C26H27N3O5/c1-33-23-9-3-2-8-22(23)27-24(30)18-28(17-21-7-6-16-34-21)26(32)19-11-13-20(14-12-19)29-15-5-4-10-25(29)31/h2-3,6-9,11-14,16H,4-5,10,15,17-18H2,1H3,(H,27,30). The van der Waals surface area contributed by atoms with Crippen molar-refractivity contribution in [2.75, 3.05) is 30.4 Å². The van der Waals surface area contributed by atoms with Crippen molar-refractivity contribution in [1.82, 2.24) is 4.90 Å². The molecule has 4 rings (SSSR count). The van der Waals surface area contributed by atoms with Gasteiger partial charge in [-0.15, -0.1) is 0 Å². The maximum atomic E-state index is 13.3. The summed E-state index contributed by atoms with van der Waals surface area (Å²) in [6.07, 6.45) is 3.94. The maximum Gasteiger partial charge on any atom is 0.254 e. The summed E-state index contributed by atoms with van der Waals surface area (Å²) in [6, 6.07) is 17.5. The largest absolute Gasteiger partial charge is 0.495 e. The summed E-state index contributed by atoms with van der Waals surface area (Å²) in [6.45, 7) is 0.640. The second-order valence-corrected chi connectivity index (χ2v) is 8.04. The Morgan fingerprint density at radius 2 is 1.85 bits per heavy atom. The molecule has 1 aromatic heterocycles. The number of benzene rings is 2. The lowest BCUT2D eigenvalue weighted by molar-refractivity contribution is -0.119. The zero-order valence-electron chi connectivity index (χ0n) is 19.0. The van der Waals surface area contributed by atoms with Crippen molar-refractivity contribution < 1.29 is 23.5 Å². The number of methoxy groups -OCH3 is 1. The monoisotopic (exact) mass is 461 g/mol. The van der Waals surface area contributed by atoms with Gasteiger partial charge in [0.05, 0.1) is 25.6 Å². The van der Waals surface area contributed by atoms with Crippen molar-refractivity contribution in [1.29, 1.82) is 0 Å². The Kier molecular flexibility index (Phi) is 7.27. The summed E-state index contributed by atoms with van der Waals surface area (Å²) in [4.78, 5) is 41.5. The number of hydrogen-bond donors (Lipinski definition) is 1. The third kappa shape index (κ3) is 5.46. The van der Waals surface area contributed by atoms with Crippen molar-refractivity contribution >= 4 is 29.1 Å². The topological polar surface area (TPSA) is 92.1 Å². The van der Waals surface area contributed by atoms with Gasteiger partial charge in [0.25, 0.3) is 5.91 Å². The third-order valence-electron chi connectivity index (χ3n) is 5.68. The average Bonchev–Trinajstić information content (AvgIpc) is 3.37. The first-order chi connectivity index (χ1) is 16.5. The van der Waals surface area contributed by atoms with Gasteiger partial charge in [0.1, 0.15) is 18.1 Å². The number of hydrogen-bond acceptors (Lipinski definition) is 5. The SMILES string of the molecule is COc1ccccc1NC(=O)CN(Cc1ccco1)C(=O)c1ccc(N2CCCCC2=O)cc1. The van der Waals surface area contributed by atoms with Crippen molar-refractivity contribution in [2.45, 2.75) is 25.8 Å². The van der Waals surface area contributed by atoms with Crippen molar-refractivity contribution in [3.8, 4) is 5.75 Å². The van der Waals surface area contributed by atoms with Gasteiger partial charge in [-0.2, -0.15) is 0 Å². The molecule has 3 amide bonds. The molecule has 34 heavy (non-hydrogen) atoms. The van der Waals surface area contributed by atoms with Crippen molar-refractivity contribution in [3.63, 3.8) is 0 Å². The second kappa shape index (κ2) is 10.7. The molecule has 8 nitrogen and oxygen atoms in total. The van der Waals surface area contributed by atoms with Crippen LogP contribution < -0.4 is 15.0 Å². The highest BCUT2D eigenvalue weighted by molar-refractivity contribution is 6.00. The highest BCUT2D eigenvalue weighted by atomic mass is 16.5. The van der Waals surface area contributed by atoms with Crippen LogP contribution in [0.15, 0.2) is 71.3 Å². The number of nitrogens with zero attached hydrogens (tertiary/aromatic N) is 2. The normalized spacial score (nSPS) is 13.4. The summed E-state index contributed by atoms with van der Waals surface area (Å²) >= 11 is 0. The highest BCUT2D eigenvalue weighted by Gasteiger charge is 2.23. The lowest BCUT2D eigenvalue weighted by Crippen LogP contribution is -2.37. The van der Waals surface area contributed by atoms with Crippen LogP contribution >= 0.6 is 0 Å². The van der Waals surface area contributed by atoms with E-state index in [-0.39, 0.29) is 30.8 Å². The maximum absolute atomic E-state index is 13.3. The first-order valence-electron chi connectivity index (χ1n) is 11.2. The molecule has 0 spiro atoms. The molecule has 0 radical (unpaired) electrons. The van der Waals surface area contributed by atoms with Gasteiger partial charge in [0, 0.05) is 24.2 Å². The molecule has 176 valence electrons. The van der Waals surface area contributed by atoms with Crippen LogP contribution in [-0.4, -0.2) is 42.8 Å². The molecule has 1 saturated heterocycles. The predicted molar refractivity (Wildman–Crippen MR) is 128 cm³/mol. The van der Waals surface area contributed by atoms with Crippen molar-refractivity contribution in [3.05, 3.63) is 78.3 Å². The quantitative estimate of drug-likeness (QED) is 0.546. The van der Waals surface area contributed by atoms with Crippen LogP contribution in [-0.2, 0) is 16.1 Å². The molecule has 1 N–H and O–H groups in total. The van der Waals surface area contributed by atoms with Crippen LogP contribution in [0.3, 0.4) is 0 Å². The van der Waals surface area contributed by atoms with Gasteiger partial charge in [-0.3, -0.25) is 14.4 Å². The zero-order valence-corrected chi connectivity index (χ0v) is 19.0. The number of piperidine rings is 1. The molecule has 1 aliphatic heterocycles. The van der Waals surface area contributed by atoms with E-state index in [1.54, 1.807) is 59.5 Å². The van der Waals surface area contributed by atoms with Gasteiger partial charge in [0.15, 0.2) is 0 Å². The zero-order chi connectivity index (χ0) is 23.9. The molecule has 0 bridgehead atoms. The Morgan fingerprint density at radius 1 is 1.06 bits per heavy atom. The van der Waals surface area contributed by atoms with Crippen LogP contribution in [0.2, 0.25) is 0 Å². The Balaban J connectivity index is 1.50. The molecule has 2 heterocycles. The number of anilines is 2. The second-order valence-electron chi connectivity index (χ2n) is 8.04. The molecule has 1 fully saturated rings. The first kappa shape index (κ1) is 23.1. The number of nitrogens with one attached hydrogen (secondary N) is 1. The fraction of sp³-hybridized carbons (Fsp3) is 0.269. The first-order valence-corrected chi connectivity index (χ1v) is 11.2. The van der Waals surface area contributed by atoms with Crippen LogP contribution in [0.4, 0.5) is 11.4 Å². The molecule has 1 aliphatic rings. The van der Waals surface area contributed by atoms with Crippen LogP contribution in [0.1, 0.15) is 35.4 Å². The molecular weight excluding hydrogens is 434 g/mol. The van der Waals surface area contributed by atoms with E-state index in [1.165, 1.54) is 18.3 Å². The van der Waals surface area contributed by atoms with Gasteiger partial charge >= 0.3 is 0 Å². The fourth-order valence-electron chi connectivity index (χ4n) is 3.95. The number of carbonyl (C=O) groups excluding carboxylic acids is 3. The predicted octanol–water partition coefficient (Wildman–Crippen LogP) is 4.09. The number of amides is 3. The van der Waals surface area contributed by atoms with E-state index < -0.39 is 0 Å². The van der Waals surface area contributed by atoms with E-state index in [0.717, 1.165) is 18.5 Å². The van der Waals surface area contributed by atoms with E-state index >= 15 is 0 Å². The lowest BCUT2D eigenvalue weighted by atomic mass is 10.1. The van der Waals surface area contributed by atoms with Crippen LogP contribution in [0.25, 0.3) is 0 Å². The Hall–Kier alpha value is -4.07. The smallest absolute Gasteiger partial charge is 0.254 e. The molecule has 3 aromatic rings. The van der Waals surface area contributed by atoms with Crippen LogP contribution in [0, 0.1) is 0 Å². The summed E-state index contributed by atoms with van der Waals surface area (Å²) in [5.74, 6) is 0.511. The summed E-state index contributed by atoms with van der Waals surface area (Å²) in [5, 5.41) is 2.80. The highest BCUT2D eigenvalue weighted by Crippen LogP contribution is 2.24. The van der Waals surface area contributed by atoms with Gasteiger partial charge < -0.3 is 24.3 Å². The number of ether oxygens (including phenoxy) is 1. The summed E-state index contributed by atoms with van der Waals surface area (Å²) in [5.41, 5.74) is 1.72. The number of para-hydroxylation sites is 2. The number of carbonyl (C=O) groups is 3. The van der Waals surface area contributed by atoms with E-state index in [1.807, 2.05) is 6.07 Å². The Morgan fingerprint density at radius 3 is 2.56 bits per heavy atom. The number of furan rings is 1. The minimum absolute atomic E-state index is 0.0952. The Labute approximate surface area is 198 Å². The van der Waals surface area contributed by atoms with E-state index in [9.17, 15) is 14.4 Å². The van der Waals surface area contributed by atoms with Gasteiger partial charge in [0.2, 0.25) is 11.8 Å².